The molecule has 0 amide bonds. The van der Waals surface area contributed by atoms with Crippen LogP contribution >= 0.6 is 0 Å². The number of nitrogen functional groups attached to an aromatic ring is 1. The van der Waals surface area contributed by atoms with Crippen molar-refractivity contribution in [3.8, 4) is 6.07 Å². The maximum absolute atomic E-state index is 13.1. The minimum atomic E-state index is -3.76. The average Bonchev–Trinajstić information content (AvgIpc) is 3.08. The van der Waals surface area contributed by atoms with Gasteiger partial charge in [0.05, 0.1) is 24.3 Å². The van der Waals surface area contributed by atoms with Crippen LogP contribution in [0.1, 0.15) is 28.4 Å². The third-order valence-electron chi connectivity index (χ3n) is 4.40. The Morgan fingerprint density at radius 1 is 1.37 bits per heavy atom. The monoisotopic (exact) mass is 389 g/mol. The summed E-state index contributed by atoms with van der Waals surface area (Å²) in [4.78, 5) is 12.8. The van der Waals surface area contributed by atoms with Crippen LogP contribution in [0.2, 0.25) is 0 Å². The maximum atomic E-state index is 13.1. The molecule has 10 heteroatoms. The molecule has 0 unspecified atom stereocenters. The summed E-state index contributed by atoms with van der Waals surface area (Å²) >= 11 is 0. The second-order valence-electron chi connectivity index (χ2n) is 5.96. The van der Waals surface area contributed by atoms with Crippen LogP contribution < -0.4 is 5.73 Å². The van der Waals surface area contributed by atoms with Gasteiger partial charge in [0.25, 0.3) is 5.91 Å². The number of nitrogens with two attached hydrogens (primary N) is 1. The molecule has 1 aliphatic heterocycles. The number of rotatable bonds is 4. The molecule has 0 aliphatic carbocycles. The predicted octanol–water partition coefficient (Wildman–Crippen LogP) is 0.609. The molecular weight excluding hydrogens is 370 g/mol. The maximum Gasteiger partial charge on any atom is 0.280 e. The number of ether oxygens (including phenoxy) is 1. The Hall–Kier alpha value is -2.74. The molecule has 2 heterocycles. The molecule has 1 fully saturated rings. The first-order valence-electron chi connectivity index (χ1n) is 8.39. The summed E-state index contributed by atoms with van der Waals surface area (Å²) in [6, 6.07) is 6.34. The molecule has 0 saturated carbocycles. The first-order chi connectivity index (χ1) is 12.9. The van der Waals surface area contributed by atoms with Crippen LogP contribution in [0.4, 0.5) is 5.82 Å². The molecule has 3 rings (SSSR count). The Bertz CT molecular complexity index is 1020. The number of aromatic nitrogens is 2. The Labute approximate surface area is 157 Å². The molecule has 0 bridgehead atoms. The SMILES string of the molecule is CCc1ccc(C(=O)n2ncc(C#N)c2N)cc1S(=O)(=O)N1CCOCC1. The van der Waals surface area contributed by atoms with Gasteiger partial charge in [-0.05, 0) is 24.1 Å². The van der Waals surface area contributed by atoms with Crippen LogP contribution in [0.15, 0.2) is 29.3 Å². The summed E-state index contributed by atoms with van der Waals surface area (Å²) in [6.07, 6.45) is 1.69. The van der Waals surface area contributed by atoms with E-state index in [1.54, 1.807) is 6.07 Å². The third kappa shape index (κ3) is 3.44. The summed E-state index contributed by atoms with van der Waals surface area (Å²) in [7, 11) is -3.76. The van der Waals surface area contributed by atoms with Crippen molar-refractivity contribution in [2.24, 2.45) is 0 Å². The van der Waals surface area contributed by atoms with E-state index in [1.807, 2.05) is 13.0 Å². The van der Waals surface area contributed by atoms with E-state index in [-0.39, 0.29) is 34.9 Å². The second kappa shape index (κ2) is 7.48. The highest BCUT2D eigenvalue weighted by Crippen LogP contribution is 2.24. The number of nitriles is 1. The van der Waals surface area contributed by atoms with Gasteiger partial charge < -0.3 is 10.5 Å². The van der Waals surface area contributed by atoms with Crippen LogP contribution in [-0.2, 0) is 21.2 Å². The Kier molecular flexibility index (Phi) is 5.27. The lowest BCUT2D eigenvalue weighted by Gasteiger charge is -2.27. The van der Waals surface area contributed by atoms with E-state index in [4.69, 9.17) is 15.7 Å². The topological polar surface area (TPSA) is 131 Å². The van der Waals surface area contributed by atoms with Crippen molar-refractivity contribution < 1.29 is 17.9 Å². The molecule has 142 valence electrons. The first-order valence-corrected chi connectivity index (χ1v) is 9.83. The summed E-state index contributed by atoms with van der Waals surface area (Å²) < 4.78 is 33.6. The van der Waals surface area contributed by atoms with Crippen molar-refractivity contribution >= 4 is 21.7 Å². The molecule has 0 spiro atoms. The summed E-state index contributed by atoms with van der Waals surface area (Å²) in [5.41, 5.74) is 6.58. The van der Waals surface area contributed by atoms with E-state index in [1.165, 1.54) is 22.6 Å². The minimum Gasteiger partial charge on any atom is -0.382 e. The molecule has 0 atom stereocenters. The summed E-state index contributed by atoms with van der Waals surface area (Å²) in [6.45, 7) is 3.04. The molecule has 0 radical (unpaired) electrons. The largest absolute Gasteiger partial charge is 0.382 e. The van der Waals surface area contributed by atoms with Crippen LogP contribution in [-0.4, -0.2) is 54.7 Å². The van der Waals surface area contributed by atoms with Crippen molar-refractivity contribution in [2.45, 2.75) is 18.2 Å². The quantitative estimate of drug-likeness (QED) is 0.810. The molecule has 1 aliphatic rings. The predicted molar refractivity (Wildman–Crippen MR) is 96.5 cm³/mol. The number of carbonyl (C=O) groups is 1. The summed E-state index contributed by atoms with van der Waals surface area (Å²) in [5, 5.41) is 12.8. The van der Waals surface area contributed by atoms with E-state index in [2.05, 4.69) is 5.10 Å². The number of nitrogens with zero attached hydrogens (tertiary/aromatic N) is 4. The molecular formula is C17H19N5O4S. The normalized spacial score (nSPS) is 15.4. The van der Waals surface area contributed by atoms with Gasteiger partial charge in [-0.25, -0.2) is 8.42 Å². The van der Waals surface area contributed by atoms with Crippen LogP contribution in [0.5, 0.6) is 0 Å². The van der Waals surface area contributed by atoms with E-state index in [0.29, 0.717) is 25.2 Å². The average molecular weight is 389 g/mol. The Morgan fingerprint density at radius 2 is 2.07 bits per heavy atom. The second-order valence-corrected chi connectivity index (χ2v) is 7.87. The highest BCUT2D eigenvalue weighted by molar-refractivity contribution is 7.89. The van der Waals surface area contributed by atoms with Crippen LogP contribution in [0.25, 0.3) is 0 Å². The fraction of sp³-hybridized carbons (Fsp3) is 0.353. The molecule has 1 aromatic heterocycles. The third-order valence-corrected chi connectivity index (χ3v) is 6.38. The molecule has 1 saturated heterocycles. The Morgan fingerprint density at radius 3 is 2.67 bits per heavy atom. The van der Waals surface area contributed by atoms with Crippen LogP contribution in [0.3, 0.4) is 0 Å². The van der Waals surface area contributed by atoms with Gasteiger partial charge in [-0.2, -0.15) is 19.3 Å². The van der Waals surface area contributed by atoms with Crippen molar-refractivity contribution in [1.82, 2.24) is 14.1 Å². The van der Waals surface area contributed by atoms with Gasteiger partial charge in [0.1, 0.15) is 17.5 Å². The van der Waals surface area contributed by atoms with Gasteiger partial charge in [-0.15, -0.1) is 0 Å². The van der Waals surface area contributed by atoms with Crippen molar-refractivity contribution in [3.05, 3.63) is 41.1 Å². The molecule has 9 nitrogen and oxygen atoms in total. The fourth-order valence-electron chi connectivity index (χ4n) is 2.87. The Balaban J connectivity index is 2.04. The zero-order valence-corrected chi connectivity index (χ0v) is 15.6. The van der Waals surface area contributed by atoms with Gasteiger partial charge in [0, 0.05) is 18.7 Å². The highest BCUT2D eigenvalue weighted by atomic mass is 32.2. The van der Waals surface area contributed by atoms with Gasteiger partial charge in [0.15, 0.2) is 0 Å². The highest BCUT2D eigenvalue weighted by Gasteiger charge is 2.29. The lowest BCUT2D eigenvalue weighted by Crippen LogP contribution is -2.41. The zero-order chi connectivity index (χ0) is 19.6. The van der Waals surface area contributed by atoms with Crippen molar-refractivity contribution in [2.75, 3.05) is 32.0 Å². The molecule has 2 N–H and O–H groups in total. The lowest BCUT2D eigenvalue weighted by atomic mass is 10.1. The summed E-state index contributed by atoms with van der Waals surface area (Å²) in [5.74, 6) is -0.685. The number of aryl methyl sites for hydroxylation is 1. The zero-order valence-electron chi connectivity index (χ0n) is 14.8. The number of morpholine rings is 1. The number of sulfonamides is 1. The van der Waals surface area contributed by atoms with Gasteiger partial charge in [-0.3, -0.25) is 4.79 Å². The fourth-order valence-corrected chi connectivity index (χ4v) is 4.60. The van der Waals surface area contributed by atoms with Crippen molar-refractivity contribution in [1.29, 1.82) is 5.26 Å². The molecule has 27 heavy (non-hydrogen) atoms. The van der Waals surface area contributed by atoms with E-state index in [0.717, 1.165) is 4.68 Å². The minimum absolute atomic E-state index is 0.0784. The first kappa shape index (κ1) is 19.0. The van der Waals surface area contributed by atoms with E-state index < -0.39 is 15.9 Å². The number of hydrogen-bond acceptors (Lipinski definition) is 7. The smallest absolute Gasteiger partial charge is 0.280 e. The molecule has 1 aromatic carbocycles. The lowest BCUT2D eigenvalue weighted by molar-refractivity contribution is 0.0730. The number of hydrogen-bond donors (Lipinski definition) is 1. The van der Waals surface area contributed by atoms with Crippen LogP contribution in [0, 0.1) is 11.3 Å². The van der Waals surface area contributed by atoms with Gasteiger partial charge >= 0.3 is 0 Å². The van der Waals surface area contributed by atoms with E-state index in [9.17, 15) is 13.2 Å². The molecule has 2 aromatic rings. The number of benzene rings is 1. The van der Waals surface area contributed by atoms with Gasteiger partial charge in [0.2, 0.25) is 10.0 Å². The number of carbonyl (C=O) groups excluding carboxylic acids is 1. The number of anilines is 1. The van der Waals surface area contributed by atoms with E-state index >= 15 is 0 Å². The van der Waals surface area contributed by atoms with Gasteiger partial charge in [-0.1, -0.05) is 13.0 Å². The van der Waals surface area contributed by atoms with Crippen molar-refractivity contribution in [3.63, 3.8) is 0 Å². The standard InChI is InChI=1S/C17H19N5O4S/c1-2-12-3-4-13(17(23)22-16(19)14(10-18)11-20-22)9-15(12)27(24,25)21-5-7-26-8-6-21/h3-4,9,11H,2,5-8,19H2,1H3.